The van der Waals surface area contributed by atoms with Crippen LogP contribution < -0.4 is 15.5 Å². The molecule has 2 aliphatic heterocycles. The molecule has 0 bridgehead atoms. The van der Waals surface area contributed by atoms with Crippen molar-refractivity contribution >= 4 is 29.9 Å². The Kier molecular flexibility index (Phi) is 7.02. The zero-order valence-electron chi connectivity index (χ0n) is 13.6. The van der Waals surface area contributed by atoms with Crippen molar-refractivity contribution in [2.75, 3.05) is 37.7 Å². The molecular weight excluding hydrogens is 330 g/mol. The Bertz CT molecular complexity index is 576. The van der Waals surface area contributed by atoms with E-state index in [1.54, 1.807) is 4.90 Å². The van der Waals surface area contributed by atoms with Crippen LogP contribution in [0.25, 0.3) is 0 Å². The SMILES string of the molecule is Cl.O=C(CC1COCCN1)NCC(=O)N1CCCc2ccccc21. The zero-order chi connectivity index (χ0) is 16.1. The molecule has 1 atom stereocenters. The molecule has 2 aliphatic rings. The highest BCUT2D eigenvalue weighted by Gasteiger charge is 2.23. The minimum absolute atomic E-state index is 0. The Morgan fingerprint density at radius 3 is 2.96 bits per heavy atom. The molecule has 1 aromatic rings. The number of ether oxygens (including phenoxy) is 1. The van der Waals surface area contributed by atoms with Gasteiger partial charge in [-0.2, -0.15) is 0 Å². The zero-order valence-corrected chi connectivity index (χ0v) is 14.4. The Morgan fingerprint density at radius 2 is 2.17 bits per heavy atom. The lowest BCUT2D eigenvalue weighted by Crippen LogP contribution is -2.46. The van der Waals surface area contributed by atoms with Crippen LogP contribution in [0.4, 0.5) is 5.69 Å². The Morgan fingerprint density at radius 1 is 1.33 bits per heavy atom. The molecule has 0 spiro atoms. The number of anilines is 1. The van der Waals surface area contributed by atoms with Crippen LogP contribution >= 0.6 is 12.4 Å². The Balaban J connectivity index is 0.00000208. The maximum absolute atomic E-state index is 12.4. The van der Waals surface area contributed by atoms with Crippen LogP contribution in [-0.4, -0.2) is 50.7 Å². The predicted octanol–water partition coefficient (Wildman–Crippen LogP) is 0.882. The van der Waals surface area contributed by atoms with Crippen LogP contribution in [0.3, 0.4) is 0 Å². The Hall–Kier alpha value is -1.63. The summed E-state index contributed by atoms with van der Waals surface area (Å²) in [7, 11) is 0. The van der Waals surface area contributed by atoms with Gasteiger partial charge in [-0.15, -0.1) is 12.4 Å². The summed E-state index contributed by atoms with van der Waals surface area (Å²) in [5.41, 5.74) is 2.17. The highest BCUT2D eigenvalue weighted by molar-refractivity contribution is 5.97. The third-order valence-electron chi connectivity index (χ3n) is 4.28. The number of benzene rings is 1. The first-order valence-corrected chi connectivity index (χ1v) is 8.20. The van der Waals surface area contributed by atoms with Crippen molar-refractivity contribution in [3.63, 3.8) is 0 Å². The molecule has 0 saturated carbocycles. The van der Waals surface area contributed by atoms with E-state index in [0.29, 0.717) is 26.2 Å². The predicted molar refractivity (Wildman–Crippen MR) is 94.6 cm³/mol. The molecule has 3 rings (SSSR count). The van der Waals surface area contributed by atoms with Gasteiger partial charge in [0, 0.05) is 31.2 Å². The number of para-hydroxylation sites is 1. The van der Waals surface area contributed by atoms with Gasteiger partial charge in [0.05, 0.1) is 19.8 Å². The molecule has 0 aromatic heterocycles. The van der Waals surface area contributed by atoms with Crippen molar-refractivity contribution in [3.8, 4) is 0 Å². The van der Waals surface area contributed by atoms with Crippen LogP contribution in [0.1, 0.15) is 18.4 Å². The van der Waals surface area contributed by atoms with Crippen molar-refractivity contribution < 1.29 is 14.3 Å². The number of carbonyl (C=O) groups excluding carboxylic acids is 2. The number of fused-ring (bicyclic) bond motifs is 1. The maximum atomic E-state index is 12.4. The van der Waals surface area contributed by atoms with E-state index in [2.05, 4.69) is 16.7 Å². The van der Waals surface area contributed by atoms with Crippen molar-refractivity contribution in [1.29, 1.82) is 0 Å². The number of nitrogens with one attached hydrogen (secondary N) is 2. The van der Waals surface area contributed by atoms with Gasteiger partial charge in [-0.3, -0.25) is 9.59 Å². The maximum Gasteiger partial charge on any atom is 0.246 e. The molecule has 2 N–H and O–H groups in total. The lowest BCUT2D eigenvalue weighted by Gasteiger charge is -2.29. The largest absolute Gasteiger partial charge is 0.378 e. The van der Waals surface area contributed by atoms with Gasteiger partial charge in [0.15, 0.2) is 0 Å². The number of carbonyl (C=O) groups is 2. The molecule has 132 valence electrons. The van der Waals surface area contributed by atoms with E-state index < -0.39 is 0 Å². The van der Waals surface area contributed by atoms with Gasteiger partial charge in [0.25, 0.3) is 0 Å². The third-order valence-corrected chi connectivity index (χ3v) is 4.28. The van der Waals surface area contributed by atoms with E-state index in [4.69, 9.17) is 4.74 Å². The summed E-state index contributed by atoms with van der Waals surface area (Å²) in [5, 5.41) is 5.96. The van der Waals surface area contributed by atoms with Crippen molar-refractivity contribution in [2.24, 2.45) is 0 Å². The number of nitrogens with zero attached hydrogens (tertiary/aromatic N) is 1. The standard InChI is InChI=1S/C17H23N3O3.ClH/c21-16(10-14-12-23-9-7-18-14)19-11-17(22)20-8-3-5-13-4-1-2-6-15(13)20;/h1-2,4,6,14,18H,3,5,7-12H2,(H,19,21);1H. The van der Waals surface area contributed by atoms with Crippen LogP contribution in [0.15, 0.2) is 24.3 Å². The molecule has 2 heterocycles. The highest BCUT2D eigenvalue weighted by atomic mass is 35.5. The van der Waals surface area contributed by atoms with Gasteiger partial charge in [-0.05, 0) is 24.5 Å². The van der Waals surface area contributed by atoms with E-state index in [-0.39, 0.29) is 36.8 Å². The van der Waals surface area contributed by atoms with Gasteiger partial charge in [0.2, 0.25) is 11.8 Å². The van der Waals surface area contributed by atoms with E-state index in [0.717, 1.165) is 25.1 Å². The molecule has 1 unspecified atom stereocenters. The van der Waals surface area contributed by atoms with Crippen molar-refractivity contribution in [2.45, 2.75) is 25.3 Å². The number of halogens is 1. The number of hydrogen-bond acceptors (Lipinski definition) is 4. The second-order valence-corrected chi connectivity index (χ2v) is 5.98. The minimum atomic E-state index is -0.119. The average molecular weight is 354 g/mol. The fourth-order valence-corrected chi connectivity index (χ4v) is 3.11. The number of morpholine rings is 1. The molecule has 1 saturated heterocycles. The van der Waals surface area contributed by atoms with E-state index in [1.165, 1.54) is 5.56 Å². The summed E-state index contributed by atoms with van der Waals surface area (Å²) in [6, 6.07) is 8.00. The number of rotatable bonds is 4. The number of hydrogen-bond donors (Lipinski definition) is 2. The molecular formula is C17H24ClN3O3. The second kappa shape index (κ2) is 9.01. The fraction of sp³-hybridized carbons (Fsp3) is 0.529. The molecule has 7 heteroatoms. The topological polar surface area (TPSA) is 70.7 Å². The highest BCUT2D eigenvalue weighted by Crippen LogP contribution is 2.26. The van der Waals surface area contributed by atoms with Gasteiger partial charge < -0.3 is 20.3 Å². The summed E-state index contributed by atoms with van der Waals surface area (Å²) in [5.74, 6) is -0.176. The quantitative estimate of drug-likeness (QED) is 0.843. The molecule has 6 nitrogen and oxygen atoms in total. The van der Waals surface area contributed by atoms with Crippen LogP contribution in [0.5, 0.6) is 0 Å². The molecule has 2 amide bonds. The molecule has 1 fully saturated rings. The fourth-order valence-electron chi connectivity index (χ4n) is 3.11. The summed E-state index contributed by atoms with van der Waals surface area (Å²) < 4.78 is 5.33. The van der Waals surface area contributed by atoms with Crippen LogP contribution in [0.2, 0.25) is 0 Å². The van der Waals surface area contributed by atoms with Crippen molar-refractivity contribution in [1.82, 2.24) is 10.6 Å². The molecule has 1 aromatic carbocycles. The molecule has 0 radical (unpaired) electrons. The lowest BCUT2D eigenvalue weighted by atomic mass is 10.0. The number of amides is 2. The molecule has 0 aliphatic carbocycles. The third kappa shape index (κ3) is 4.69. The van der Waals surface area contributed by atoms with Gasteiger partial charge >= 0.3 is 0 Å². The average Bonchev–Trinajstić information content (AvgIpc) is 2.60. The smallest absolute Gasteiger partial charge is 0.246 e. The van der Waals surface area contributed by atoms with Gasteiger partial charge in [-0.25, -0.2) is 0 Å². The summed E-state index contributed by atoms with van der Waals surface area (Å²) in [6.07, 6.45) is 2.30. The normalized spacial score (nSPS) is 19.8. The second-order valence-electron chi connectivity index (χ2n) is 5.98. The van der Waals surface area contributed by atoms with Crippen LogP contribution in [-0.2, 0) is 20.7 Å². The van der Waals surface area contributed by atoms with Crippen molar-refractivity contribution in [3.05, 3.63) is 29.8 Å². The monoisotopic (exact) mass is 353 g/mol. The van der Waals surface area contributed by atoms with E-state index in [9.17, 15) is 9.59 Å². The minimum Gasteiger partial charge on any atom is -0.378 e. The van der Waals surface area contributed by atoms with Gasteiger partial charge in [0.1, 0.15) is 0 Å². The summed E-state index contributed by atoms with van der Waals surface area (Å²) >= 11 is 0. The first-order chi connectivity index (χ1) is 11.2. The van der Waals surface area contributed by atoms with E-state index in [1.807, 2.05) is 18.2 Å². The van der Waals surface area contributed by atoms with Crippen LogP contribution in [0, 0.1) is 0 Å². The summed E-state index contributed by atoms with van der Waals surface area (Å²) in [6.45, 7) is 2.75. The van der Waals surface area contributed by atoms with Gasteiger partial charge in [-0.1, -0.05) is 18.2 Å². The molecule has 24 heavy (non-hydrogen) atoms. The van der Waals surface area contributed by atoms with E-state index >= 15 is 0 Å². The first-order valence-electron chi connectivity index (χ1n) is 8.20. The Labute approximate surface area is 148 Å². The lowest BCUT2D eigenvalue weighted by molar-refractivity contribution is -0.125. The number of aryl methyl sites for hydroxylation is 1. The first kappa shape index (κ1) is 18.7. The summed E-state index contributed by atoms with van der Waals surface area (Å²) in [4.78, 5) is 26.2.